The molecule has 0 bridgehead atoms. The highest BCUT2D eigenvalue weighted by Gasteiger charge is 2.08. The van der Waals surface area contributed by atoms with Gasteiger partial charge in [-0.15, -0.1) is 10.2 Å². The van der Waals surface area contributed by atoms with E-state index in [4.69, 9.17) is 16.9 Å². The van der Waals surface area contributed by atoms with Crippen molar-refractivity contribution >= 4 is 28.8 Å². The summed E-state index contributed by atoms with van der Waals surface area (Å²) in [5, 5.41) is 18.0. The SMILES string of the molecule is Cc1nc2ccc(Cl)cn2c1N=Nc1ccccc1C#N. The second-order valence-corrected chi connectivity index (χ2v) is 4.86. The van der Waals surface area contributed by atoms with Gasteiger partial charge in [0, 0.05) is 6.20 Å². The topological polar surface area (TPSA) is 65.8 Å². The summed E-state index contributed by atoms with van der Waals surface area (Å²) in [6, 6.07) is 12.7. The third-order valence-electron chi connectivity index (χ3n) is 3.00. The summed E-state index contributed by atoms with van der Waals surface area (Å²) in [6.07, 6.45) is 1.74. The minimum absolute atomic E-state index is 0.478. The van der Waals surface area contributed by atoms with Gasteiger partial charge < -0.3 is 0 Å². The summed E-state index contributed by atoms with van der Waals surface area (Å²) >= 11 is 6.00. The summed E-state index contributed by atoms with van der Waals surface area (Å²) < 4.78 is 1.77. The Hall–Kier alpha value is -2.71. The Bertz CT molecular complexity index is 889. The van der Waals surface area contributed by atoms with Gasteiger partial charge in [0.25, 0.3) is 0 Å². The molecule has 3 rings (SSSR count). The van der Waals surface area contributed by atoms with E-state index in [1.165, 1.54) is 0 Å². The number of pyridine rings is 1. The second kappa shape index (κ2) is 5.35. The molecule has 0 radical (unpaired) electrons. The monoisotopic (exact) mass is 295 g/mol. The first-order valence-electron chi connectivity index (χ1n) is 6.24. The minimum Gasteiger partial charge on any atom is -0.281 e. The lowest BCUT2D eigenvalue weighted by Gasteiger charge is -1.98. The number of fused-ring (bicyclic) bond motifs is 1. The van der Waals surface area contributed by atoms with E-state index < -0.39 is 0 Å². The molecule has 0 N–H and O–H groups in total. The fraction of sp³-hybridized carbons (Fsp3) is 0.0667. The van der Waals surface area contributed by atoms with Crippen molar-refractivity contribution in [3.8, 4) is 6.07 Å². The van der Waals surface area contributed by atoms with E-state index in [1.54, 1.807) is 34.9 Å². The Kier molecular flexibility index (Phi) is 3.38. The van der Waals surface area contributed by atoms with Gasteiger partial charge in [0.15, 0.2) is 5.82 Å². The van der Waals surface area contributed by atoms with E-state index >= 15 is 0 Å². The number of hydrogen-bond donors (Lipinski definition) is 0. The van der Waals surface area contributed by atoms with Gasteiger partial charge in [-0.05, 0) is 31.2 Å². The van der Waals surface area contributed by atoms with Crippen molar-refractivity contribution in [1.82, 2.24) is 9.38 Å². The standard InChI is InChI=1S/C15H10ClN5/c1-10-15(21-9-12(16)6-7-14(21)18-10)20-19-13-5-3-2-4-11(13)8-17/h2-7,9H,1H3. The van der Waals surface area contributed by atoms with E-state index in [-0.39, 0.29) is 0 Å². The number of benzene rings is 1. The molecule has 0 amide bonds. The largest absolute Gasteiger partial charge is 0.281 e. The van der Waals surface area contributed by atoms with Crippen LogP contribution in [0.4, 0.5) is 11.5 Å². The molecule has 0 fully saturated rings. The smallest absolute Gasteiger partial charge is 0.182 e. The molecule has 21 heavy (non-hydrogen) atoms. The van der Waals surface area contributed by atoms with Crippen LogP contribution in [-0.4, -0.2) is 9.38 Å². The number of nitrogens with zero attached hydrogens (tertiary/aromatic N) is 5. The quantitative estimate of drug-likeness (QED) is 0.649. The minimum atomic E-state index is 0.478. The highest BCUT2D eigenvalue weighted by Crippen LogP contribution is 2.26. The molecule has 102 valence electrons. The van der Waals surface area contributed by atoms with Crippen molar-refractivity contribution in [1.29, 1.82) is 5.26 Å². The average Bonchev–Trinajstić information content (AvgIpc) is 2.80. The summed E-state index contributed by atoms with van der Waals surface area (Å²) in [6.45, 7) is 1.85. The fourth-order valence-corrected chi connectivity index (χ4v) is 2.16. The van der Waals surface area contributed by atoms with Gasteiger partial charge in [-0.25, -0.2) is 4.98 Å². The molecule has 0 aliphatic carbocycles. The van der Waals surface area contributed by atoms with Crippen LogP contribution in [0.1, 0.15) is 11.3 Å². The molecule has 1 aromatic carbocycles. The zero-order valence-corrected chi connectivity index (χ0v) is 11.9. The maximum Gasteiger partial charge on any atom is 0.182 e. The first-order valence-corrected chi connectivity index (χ1v) is 6.62. The highest BCUT2D eigenvalue weighted by atomic mass is 35.5. The molecule has 0 spiro atoms. The van der Waals surface area contributed by atoms with Gasteiger partial charge in [-0.1, -0.05) is 23.7 Å². The zero-order valence-electron chi connectivity index (χ0n) is 11.2. The predicted molar refractivity (Wildman–Crippen MR) is 80.3 cm³/mol. The Morgan fingerprint density at radius 1 is 1.19 bits per heavy atom. The molecule has 5 nitrogen and oxygen atoms in total. The van der Waals surface area contributed by atoms with Gasteiger partial charge in [0.2, 0.25) is 0 Å². The lowest BCUT2D eigenvalue weighted by molar-refractivity contribution is 1.09. The fourth-order valence-electron chi connectivity index (χ4n) is 2.00. The molecule has 0 aliphatic heterocycles. The van der Waals surface area contributed by atoms with Crippen molar-refractivity contribution in [2.75, 3.05) is 0 Å². The lowest BCUT2D eigenvalue weighted by Crippen LogP contribution is -1.82. The summed E-state index contributed by atoms with van der Waals surface area (Å²) in [5.41, 5.74) is 2.50. The number of imidazole rings is 1. The lowest BCUT2D eigenvalue weighted by atomic mass is 10.2. The third kappa shape index (κ3) is 2.49. The van der Waals surface area contributed by atoms with Crippen molar-refractivity contribution < 1.29 is 0 Å². The van der Waals surface area contributed by atoms with E-state index in [2.05, 4.69) is 21.3 Å². The average molecular weight is 296 g/mol. The van der Waals surface area contributed by atoms with Gasteiger partial charge in [0.1, 0.15) is 17.4 Å². The molecule has 3 aromatic rings. The van der Waals surface area contributed by atoms with E-state index in [0.717, 1.165) is 11.3 Å². The van der Waals surface area contributed by atoms with Crippen LogP contribution >= 0.6 is 11.6 Å². The van der Waals surface area contributed by atoms with Gasteiger partial charge in [0.05, 0.1) is 16.3 Å². The van der Waals surface area contributed by atoms with Crippen LogP contribution in [0.3, 0.4) is 0 Å². The predicted octanol–water partition coefficient (Wildman–Crippen LogP) is 4.58. The number of hydrogen-bond acceptors (Lipinski definition) is 4. The van der Waals surface area contributed by atoms with Crippen molar-refractivity contribution in [2.24, 2.45) is 10.2 Å². The number of rotatable bonds is 2. The van der Waals surface area contributed by atoms with Gasteiger partial charge >= 0.3 is 0 Å². The summed E-state index contributed by atoms with van der Waals surface area (Å²) in [5.74, 6) is 0.597. The van der Waals surface area contributed by atoms with Crippen LogP contribution in [0.2, 0.25) is 5.02 Å². The molecular formula is C15H10ClN5. The van der Waals surface area contributed by atoms with Crippen LogP contribution in [-0.2, 0) is 0 Å². The van der Waals surface area contributed by atoms with E-state index in [9.17, 15) is 0 Å². The van der Waals surface area contributed by atoms with E-state index in [1.807, 2.05) is 19.1 Å². The van der Waals surface area contributed by atoms with Crippen LogP contribution in [0, 0.1) is 18.3 Å². The number of halogens is 1. The number of azo groups is 1. The first kappa shape index (κ1) is 13.3. The molecule has 2 aromatic heterocycles. The molecule has 0 saturated carbocycles. The maximum atomic E-state index is 9.05. The van der Waals surface area contributed by atoms with Gasteiger partial charge in [-0.2, -0.15) is 5.26 Å². The molecule has 0 atom stereocenters. The Labute approximate surface area is 126 Å². The van der Waals surface area contributed by atoms with Crippen molar-refractivity contribution in [3.05, 3.63) is 58.9 Å². The first-order chi connectivity index (χ1) is 10.2. The van der Waals surface area contributed by atoms with Gasteiger partial charge in [-0.3, -0.25) is 4.40 Å². The van der Waals surface area contributed by atoms with Crippen LogP contribution in [0.25, 0.3) is 5.65 Å². The molecular weight excluding hydrogens is 286 g/mol. The molecule has 0 unspecified atom stereocenters. The normalized spacial score (nSPS) is 11.1. The zero-order chi connectivity index (χ0) is 14.8. The van der Waals surface area contributed by atoms with Crippen molar-refractivity contribution in [2.45, 2.75) is 6.92 Å². The number of aromatic nitrogens is 2. The summed E-state index contributed by atoms with van der Waals surface area (Å²) in [4.78, 5) is 4.39. The second-order valence-electron chi connectivity index (χ2n) is 4.43. The van der Waals surface area contributed by atoms with E-state index in [0.29, 0.717) is 22.1 Å². The number of nitriles is 1. The molecule has 6 heteroatoms. The molecule has 0 aliphatic rings. The van der Waals surface area contributed by atoms with Crippen LogP contribution < -0.4 is 0 Å². The maximum absolute atomic E-state index is 9.05. The molecule has 2 heterocycles. The Morgan fingerprint density at radius 3 is 2.81 bits per heavy atom. The number of aryl methyl sites for hydroxylation is 1. The summed E-state index contributed by atoms with van der Waals surface area (Å²) in [7, 11) is 0. The highest BCUT2D eigenvalue weighted by molar-refractivity contribution is 6.30. The van der Waals surface area contributed by atoms with Crippen LogP contribution in [0.15, 0.2) is 52.8 Å². The van der Waals surface area contributed by atoms with Crippen molar-refractivity contribution in [3.63, 3.8) is 0 Å². The Balaban J connectivity index is 2.09. The third-order valence-corrected chi connectivity index (χ3v) is 3.23. The molecule has 0 saturated heterocycles. The Morgan fingerprint density at radius 2 is 2.00 bits per heavy atom. The van der Waals surface area contributed by atoms with Crippen LogP contribution in [0.5, 0.6) is 0 Å².